The number of nitrogens with zero attached hydrogens (tertiary/aromatic N) is 1. The summed E-state index contributed by atoms with van der Waals surface area (Å²) >= 11 is 0. The van der Waals surface area contributed by atoms with Crippen LogP contribution in [0.1, 0.15) is 40.0 Å². The first-order valence-corrected chi connectivity index (χ1v) is 6.89. The molecule has 1 amide bonds. The molecule has 0 bridgehead atoms. The third-order valence-corrected chi connectivity index (χ3v) is 3.69. The molecule has 1 aliphatic heterocycles. The topological polar surface area (TPSA) is 69.6 Å². The van der Waals surface area contributed by atoms with Crippen molar-refractivity contribution < 1.29 is 14.7 Å². The summed E-state index contributed by atoms with van der Waals surface area (Å²) in [5.74, 6) is -1.29. The summed E-state index contributed by atoms with van der Waals surface area (Å²) in [5, 5.41) is 11.8. The van der Waals surface area contributed by atoms with Gasteiger partial charge in [0.1, 0.15) is 0 Å². The van der Waals surface area contributed by atoms with Crippen LogP contribution in [0.3, 0.4) is 0 Å². The Labute approximate surface area is 114 Å². The Morgan fingerprint density at radius 1 is 1.21 bits per heavy atom. The van der Waals surface area contributed by atoms with E-state index in [1.165, 1.54) is 6.92 Å². The lowest BCUT2D eigenvalue weighted by atomic mass is 10.0. The van der Waals surface area contributed by atoms with Gasteiger partial charge in [-0.1, -0.05) is 6.92 Å². The van der Waals surface area contributed by atoms with E-state index in [4.69, 9.17) is 5.11 Å². The number of carbonyl (C=O) groups excluding carboxylic acids is 1. The summed E-state index contributed by atoms with van der Waals surface area (Å²) in [5.41, 5.74) is 0.407. The number of rotatable bonds is 5. The van der Waals surface area contributed by atoms with E-state index >= 15 is 0 Å². The molecule has 5 heteroatoms. The van der Waals surface area contributed by atoms with Crippen LogP contribution >= 0.6 is 0 Å². The lowest BCUT2D eigenvalue weighted by Gasteiger charge is -2.32. The number of nitrogens with one attached hydrogen (secondary N) is 1. The van der Waals surface area contributed by atoms with Crippen molar-refractivity contribution in [2.45, 2.75) is 46.1 Å². The number of hydrogen-bond acceptors (Lipinski definition) is 3. The molecule has 0 spiro atoms. The third-order valence-electron chi connectivity index (χ3n) is 3.69. The number of aliphatic carboxylic acids is 1. The van der Waals surface area contributed by atoms with Gasteiger partial charge in [0.05, 0.1) is 0 Å². The Bertz CT molecular complexity index is 369. The van der Waals surface area contributed by atoms with Crippen molar-refractivity contribution in [3.05, 3.63) is 11.1 Å². The minimum absolute atomic E-state index is 0.112. The molecule has 108 valence electrons. The molecule has 0 atom stereocenters. The Hall–Kier alpha value is -1.36. The molecule has 0 aromatic rings. The van der Waals surface area contributed by atoms with Crippen LogP contribution in [0, 0.1) is 0 Å². The second-order valence-electron chi connectivity index (χ2n) is 5.14. The molecule has 0 radical (unpaired) electrons. The van der Waals surface area contributed by atoms with Crippen LogP contribution < -0.4 is 5.32 Å². The minimum Gasteiger partial charge on any atom is -0.478 e. The zero-order valence-electron chi connectivity index (χ0n) is 12.0. The largest absolute Gasteiger partial charge is 0.478 e. The number of carbonyl (C=O) groups is 2. The van der Waals surface area contributed by atoms with E-state index in [0.29, 0.717) is 5.57 Å². The second kappa shape index (κ2) is 7.28. The van der Waals surface area contributed by atoms with Gasteiger partial charge in [-0.25, -0.2) is 4.79 Å². The minimum atomic E-state index is -1.04. The normalized spacial score (nSPS) is 18.9. The van der Waals surface area contributed by atoms with E-state index in [-0.39, 0.29) is 17.5 Å². The Balaban J connectivity index is 2.47. The fourth-order valence-electron chi connectivity index (χ4n) is 2.24. The lowest BCUT2D eigenvalue weighted by Crippen LogP contribution is -2.45. The van der Waals surface area contributed by atoms with Gasteiger partial charge in [-0.2, -0.15) is 0 Å². The van der Waals surface area contributed by atoms with Crippen molar-refractivity contribution in [2.24, 2.45) is 0 Å². The molecular formula is C14H24N2O3. The highest BCUT2D eigenvalue weighted by atomic mass is 16.4. The van der Waals surface area contributed by atoms with Gasteiger partial charge < -0.3 is 15.3 Å². The molecule has 1 rings (SSSR count). The highest BCUT2D eigenvalue weighted by Gasteiger charge is 2.21. The average molecular weight is 268 g/mol. The molecule has 2 N–H and O–H groups in total. The van der Waals surface area contributed by atoms with Crippen molar-refractivity contribution in [1.82, 2.24) is 10.2 Å². The molecule has 0 aromatic carbocycles. The highest BCUT2D eigenvalue weighted by Crippen LogP contribution is 2.12. The molecular weight excluding hydrogens is 244 g/mol. The SMILES string of the molecule is CCCN1CCC(NC(=O)C(C)=C(C)C(=O)O)CC1. The molecule has 5 nitrogen and oxygen atoms in total. The number of hydrogen-bond donors (Lipinski definition) is 2. The van der Waals surface area contributed by atoms with Crippen LogP contribution in [0.15, 0.2) is 11.1 Å². The second-order valence-corrected chi connectivity index (χ2v) is 5.14. The first-order chi connectivity index (χ1) is 8.95. The van der Waals surface area contributed by atoms with Crippen LogP contribution in [0.2, 0.25) is 0 Å². The lowest BCUT2D eigenvalue weighted by molar-refractivity contribution is -0.133. The summed E-state index contributed by atoms with van der Waals surface area (Å²) in [7, 11) is 0. The fraction of sp³-hybridized carbons (Fsp3) is 0.714. The Morgan fingerprint density at radius 3 is 2.26 bits per heavy atom. The van der Waals surface area contributed by atoms with Crippen molar-refractivity contribution in [3.63, 3.8) is 0 Å². The summed E-state index contributed by atoms with van der Waals surface area (Å²) in [6, 6.07) is 0.164. The maximum absolute atomic E-state index is 11.9. The van der Waals surface area contributed by atoms with Crippen LogP contribution in [0.4, 0.5) is 0 Å². The smallest absolute Gasteiger partial charge is 0.331 e. The third kappa shape index (κ3) is 4.67. The molecule has 1 heterocycles. The number of amides is 1. The average Bonchev–Trinajstić information content (AvgIpc) is 2.39. The Morgan fingerprint density at radius 2 is 1.79 bits per heavy atom. The van der Waals surface area contributed by atoms with E-state index in [1.54, 1.807) is 6.92 Å². The molecule has 1 saturated heterocycles. The monoisotopic (exact) mass is 268 g/mol. The van der Waals surface area contributed by atoms with Crippen molar-refractivity contribution >= 4 is 11.9 Å². The summed E-state index contributed by atoms with van der Waals surface area (Å²) < 4.78 is 0. The van der Waals surface area contributed by atoms with Gasteiger partial charge in [-0.3, -0.25) is 4.79 Å². The van der Waals surface area contributed by atoms with E-state index in [9.17, 15) is 9.59 Å². The van der Waals surface area contributed by atoms with Crippen LogP contribution in [-0.2, 0) is 9.59 Å². The van der Waals surface area contributed by atoms with Crippen LogP contribution in [0.25, 0.3) is 0 Å². The van der Waals surface area contributed by atoms with Gasteiger partial charge in [0.2, 0.25) is 5.91 Å². The number of piperidine rings is 1. The first-order valence-electron chi connectivity index (χ1n) is 6.89. The molecule has 0 aromatic heterocycles. The van der Waals surface area contributed by atoms with Gasteiger partial charge in [0.15, 0.2) is 0 Å². The number of carboxylic acid groups (broad SMARTS) is 1. The van der Waals surface area contributed by atoms with Gasteiger partial charge in [-0.15, -0.1) is 0 Å². The molecule has 1 aliphatic rings. The van der Waals surface area contributed by atoms with Crippen molar-refractivity contribution in [1.29, 1.82) is 0 Å². The zero-order valence-corrected chi connectivity index (χ0v) is 12.0. The summed E-state index contributed by atoms with van der Waals surface area (Å²) in [4.78, 5) is 25.1. The molecule has 0 aliphatic carbocycles. The Kier molecular flexibility index (Phi) is 6.02. The highest BCUT2D eigenvalue weighted by molar-refractivity contribution is 6.01. The first kappa shape index (κ1) is 15.7. The molecule has 1 fully saturated rings. The van der Waals surface area contributed by atoms with Gasteiger partial charge in [-0.05, 0) is 39.7 Å². The molecule has 19 heavy (non-hydrogen) atoms. The van der Waals surface area contributed by atoms with E-state index in [0.717, 1.165) is 38.9 Å². The van der Waals surface area contributed by atoms with Gasteiger partial charge in [0, 0.05) is 30.3 Å². The summed E-state index contributed by atoms with van der Waals surface area (Å²) in [6.45, 7) is 8.29. The summed E-state index contributed by atoms with van der Waals surface area (Å²) in [6.07, 6.45) is 3.02. The predicted molar refractivity (Wildman–Crippen MR) is 73.9 cm³/mol. The standard InChI is InChI=1S/C14H24N2O3/c1-4-7-16-8-5-12(6-9-16)15-13(17)10(2)11(3)14(18)19/h12H,4-9H2,1-3H3,(H,15,17)(H,18,19). The molecule has 0 unspecified atom stereocenters. The zero-order chi connectivity index (χ0) is 14.4. The van der Waals surface area contributed by atoms with E-state index in [1.807, 2.05) is 0 Å². The van der Waals surface area contributed by atoms with E-state index in [2.05, 4.69) is 17.1 Å². The quantitative estimate of drug-likeness (QED) is 0.739. The van der Waals surface area contributed by atoms with Crippen LogP contribution in [-0.4, -0.2) is 47.6 Å². The van der Waals surface area contributed by atoms with Gasteiger partial charge in [0.25, 0.3) is 0 Å². The van der Waals surface area contributed by atoms with Crippen molar-refractivity contribution in [3.8, 4) is 0 Å². The number of carboxylic acids is 1. The van der Waals surface area contributed by atoms with Gasteiger partial charge >= 0.3 is 5.97 Å². The number of likely N-dealkylation sites (tertiary alicyclic amines) is 1. The maximum Gasteiger partial charge on any atom is 0.331 e. The fourth-order valence-corrected chi connectivity index (χ4v) is 2.24. The molecule has 0 saturated carbocycles. The van der Waals surface area contributed by atoms with Crippen molar-refractivity contribution in [2.75, 3.05) is 19.6 Å². The predicted octanol–water partition coefficient (Wildman–Crippen LogP) is 1.40. The maximum atomic E-state index is 11.9. The van der Waals surface area contributed by atoms with Crippen LogP contribution in [0.5, 0.6) is 0 Å². The van der Waals surface area contributed by atoms with E-state index < -0.39 is 5.97 Å².